The maximum absolute atomic E-state index is 12.4. The number of anilines is 2. The minimum Gasteiger partial charge on any atom is -0.459 e. The molecule has 1 fully saturated rings. The zero-order chi connectivity index (χ0) is 16.2. The third-order valence-electron chi connectivity index (χ3n) is 4.43. The highest BCUT2D eigenvalue weighted by Gasteiger charge is 2.21. The van der Waals surface area contributed by atoms with Crippen LogP contribution in [0.25, 0.3) is 0 Å². The van der Waals surface area contributed by atoms with Crippen molar-refractivity contribution in [3.63, 3.8) is 0 Å². The summed E-state index contributed by atoms with van der Waals surface area (Å²) in [5.74, 6) is 0.503. The van der Waals surface area contributed by atoms with Crippen molar-refractivity contribution in [3.8, 4) is 0 Å². The number of amides is 1. The molecule has 1 aromatic heterocycles. The Kier molecular flexibility index (Phi) is 4.67. The van der Waals surface area contributed by atoms with Gasteiger partial charge in [-0.2, -0.15) is 0 Å². The van der Waals surface area contributed by atoms with Crippen molar-refractivity contribution < 1.29 is 14.3 Å². The molecule has 2 N–H and O–H groups in total. The summed E-state index contributed by atoms with van der Waals surface area (Å²) >= 11 is 0. The Balaban J connectivity index is 1.76. The zero-order valence-electron chi connectivity index (χ0n) is 13.3. The lowest BCUT2D eigenvalue weighted by Crippen LogP contribution is -2.35. The number of carbonyl (C=O) groups excluding carboxylic acids is 1. The van der Waals surface area contributed by atoms with Gasteiger partial charge in [-0.25, -0.2) is 0 Å². The molecule has 1 aliphatic heterocycles. The fourth-order valence-corrected chi connectivity index (χ4v) is 3.00. The lowest BCUT2D eigenvalue weighted by atomic mass is 9.97. The van der Waals surface area contributed by atoms with Crippen molar-refractivity contribution in [2.24, 2.45) is 5.92 Å². The van der Waals surface area contributed by atoms with E-state index < -0.39 is 0 Å². The van der Waals surface area contributed by atoms with Gasteiger partial charge in [-0.1, -0.05) is 12.1 Å². The molecule has 2 heterocycles. The number of aliphatic hydroxyl groups is 1. The summed E-state index contributed by atoms with van der Waals surface area (Å²) in [7, 11) is 0. The molecule has 0 radical (unpaired) electrons. The molecule has 1 aliphatic rings. The molecule has 1 aromatic carbocycles. The summed E-state index contributed by atoms with van der Waals surface area (Å²) in [6, 6.07) is 9.59. The van der Waals surface area contributed by atoms with Gasteiger partial charge in [0.2, 0.25) is 0 Å². The highest BCUT2D eigenvalue weighted by Crippen LogP contribution is 2.30. The summed E-state index contributed by atoms with van der Waals surface area (Å²) in [6.07, 6.45) is 3.46. The first-order valence-electron chi connectivity index (χ1n) is 7.99. The zero-order valence-corrected chi connectivity index (χ0v) is 13.3. The second-order valence-corrected chi connectivity index (χ2v) is 6.02. The van der Waals surface area contributed by atoms with Crippen molar-refractivity contribution in [2.75, 3.05) is 29.9 Å². The standard InChI is InChI=1S/C18H22N2O3/c1-13-8-11-23-17(13)18(22)19-15-4-2-3-5-16(15)20-9-6-14(12-21)7-10-20/h2-5,8,11,14,21H,6-7,9-10,12H2,1H3,(H,19,22). The van der Waals surface area contributed by atoms with E-state index in [2.05, 4.69) is 10.2 Å². The number of nitrogens with zero attached hydrogens (tertiary/aromatic N) is 1. The van der Waals surface area contributed by atoms with Crippen molar-refractivity contribution in [3.05, 3.63) is 47.9 Å². The number of para-hydroxylation sites is 2. The van der Waals surface area contributed by atoms with E-state index in [4.69, 9.17) is 4.42 Å². The summed E-state index contributed by atoms with van der Waals surface area (Å²) in [5, 5.41) is 12.2. The van der Waals surface area contributed by atoms with Crippen LogP contribution in [0.1, 0.15) is 29.0 Å². The number of piperidine rings is 1. The summed E-state index contributed by atoms with van der Waals surface area (Å²) in [4.78, 5) is 14.6. The molecule has 0 aliphatic carbocycles. The Hall–Kier alpha value is -2.27. The van der Waals surface area contributed by atoms with Gasteiger partial charge in [-0.15, -0.1) is 0 Å². The fourth-order valence-electron chi connectivity index (χ4n) is 3.00. The van der Waals surface area contributed by atoms with Gasteiger partial charge >= 0.3 is 0 Å². The van der Waals surface area contributed by atoms with E-state index >= 15 is 0 Å². The van der Waals surface area contributed by atoms with Gasteiger partial charge in [0.1, 0.15) is 0 Å². The second kappa shape index (κ2) is 6.87. The summed E-state index contributed by atoms with van der Waals surface area (Å²) in [5.41, 5.74) is 2.63. The molecule has 1 saturated heterocycles. The first kappa shape index (κ1) is 15.6. The maximum atomic E-state index is 12.4. The van der Waals surface area contributed by atoms with Crippen LogP contribution in [0.5, 0.6) is 0 Å². The molecule has 5 nitrogen and oxygen atoms in total. The van der Waals surface area contributed by atoms with Crippen LogP contribution in [0, 0.1) is 12.8 Å². The molecule has 0 spiro atoms. The van der Waals surface area contributed by atoms with Crippen LogP contribution in [0.15, 0.2) is 41.0 Å². The van der Waals surface area contributed by atoms with Gasteiger partial charge in [0, 0.05) is 25.3 Å². The topological polar surface area (TPSA) is 65.7 Å². The molecule has 3 rings (SSSR count). The highest BCUT2D eigenvalue weighted by molar-refractivity contribution is 6.05. The molecule has 5 heteroatoms. The smallest absolute Gasteiger partial charge is 0.291 e. The minimum absolute atomic E-state index is 0.231. The van der Waals surface area contributed by atoms with E-state index in [0.29, 0.717) is 11.7 Å². The predicted octanol–water partition coefficient (Wildman–Crippen LogP) is 3.05. The van der Waals surface area contributed by atoms with Crippen LogP contribution in [0.4, 0.5) is 11.4 Å². The monoisotopic (exact) mass is 314 g/mol. The summed E-state index contributed by atoms with van der Waals surface area (Å²) in [6.45, 7) is 3.88. The maximum Gasteiger partial charge on any atom is 0.291 e. The van der Waals surface area contributed by atoms with Crippen molar-refractivity contribution in [2.45, 2.75) is 19.8 Å². The molecule has 0 unspecified atom stereocenters. The van der Waals surface area contributed by atoms with Gasteiger partial charge in [0.15, 0.2) is 5.76 Å². The van der Waals surface area contributed by atoms with Crippen molar-refractivity contribution in [1.29, 1.82) is 0 Å². The Morgan fingerprint density at radius 3 is 2.70 bits per heavy atom. The van der Waals surface area contributed by atoms with Gasteiger partial charge < -0.3 is 19.7 Å². The first-order valence-corrected chi connectivity index (χ1v) is 7.99. The average Bonchev–Trinajstić information content (AvgIpc) is 3.02. The Morgan fingerprint density at radius 2 is 2.04 bits per heavy atom. The third-order valence-corrected chi connectivity index (χ3v) is 4.43. The molecule has 1 amide bonds. The average molecular weight is 314 g/mol. The van der Waals surface area contributed by atoms with Crippen LogP contribution in [-0.2, 0) is 0 Å². The lowest BCUT2D eigenvalue weighted by Gasteiger charge is -2.34. The van der Waals surface area contributed by atoms with E-state index in [-0.39, 0.29) is 12.5 Å². The molecule has 2 aromatic rings. The number of carbonyl (C=O) groups is 1. The minimum atomic E-state index is -0.231. The van der Waals surface area contributed by atoms with Crippen LogP contribution >= 0.6 is 0 Å². The number of nitrogens with one attached hydrogen (secondary N) is 1. The van der Waals surface area contributed by atoms with Crippen molar-refractivity contribution in [1.82, 2.24) is 0 Å². The molecule has 23 heavy (non-hydrogen) atoms. The molecular weight excluding hydrogens is 292 g/mol. The molecular formula is C18H22N2O3. The number of rotatable bonds is 4. The SMILES string of the molecule is Cc1ccoc1C(=O)Nc1ccccc1N1CCC(CO)CC1. The van der Waals surface area contributed by atoms with Crippen LogP contribution < -0.4 is 10.2 Å². The number of hydrogen-bond donors (Lipinski definition) is 2. The third kappa shape index (κ3) is 3.40. The second-order valence-electron chi connectivity index (χ2n) is 6.02. The van der Waals surface area contributed by atoms with Gasteiger partial charge in [-0.3, -0.25) is 4.79 Å². The molecule has 0 atom stereocenters. The Labute approximate surface area is 135 Å². The summed E-state index contributed by atoms with van der Waals surface area (Å²) < 4.78 is 5.26. The number of aliphatic hydroxyl groups excluding tert-OH is 1. The van der Waals surface area contributed by atoms with Crippen LogP contribution in [-0.4, -0.2) is 30.7 Å². The first-order chi connectivity index (χ1) is 11.2. The Morgan fingerprint density at radius 1 is 1.30 bits per heavy atom. The fraction of sp³-hybridized carbons (Fsp3) is 0.389. The molecule has 122 valence electrons. The molecule has 0 saturated carbocycles. The van der Waals surface area contributed by atoms with Crippen LogP contribution in [0.2, 0.25) is 0 Å². The van der Waals surface area contributed by atoms with Gasteiger partial charge in [-0.05, 0) is 43.9 Å². The highest BCUT2D eigenvalue weighted by atomic mass is 16.3. The predicted molar refractivity (Wildman–Crippen MR) is 89.9 cm³/mol. The number of hydrogen-bond acceptors (Lipinski definition) is 4. The van der Waals surface area contributed by atoms with E-state index in [1.165, 1.54) is 6.26 Å². The van der Waals surface area contributed by atoms with Crippen molar-refractivity contribution >= 4 is 17.3 Å². The van der Waals surface area contributed by atoms with E-state index in [1.54, 1.807) is 6.07 Å². The van der Waals surface area contributed by atoms with Crippen LogP contribution in [0.3, 0.4) is 0 Å². The van der Waals surface area contributed by atoms with E-state index in [1.807, 2.05) is 31.2 Å². The largest absolute Gasteiger partial charge is 0.459 e. The number of benzene rings is 1. The van der Waals surface area contributed by atoms with E-state index in [9.17, 15) is 9.90 Å². The van der Waals surface area contributed by atoms with E-state index in [0.717, 1.165) is 42.9 Å². The van der Waals surface area contributed by atoms with Gasteiger partial charge in [0.05, 0.1) is 17.6 Å². The normalized spacial score (nSPS) is 15.7. The quantitative estimate of drug-likeness (QED) is 0.910. The lowest BCUT2D eigenvalue weighted by molar-refractivity contribution is 0.0996. The number of furan rings is 1. The van der Waals surface area contributed by atoms with Gasteiger partial charge in [0.25, 0.3) is 5.91 Å². The Bertz CT molecular complexity index is 672. The number of aryl methyl sites for hydroxylation is 1. The molecule has 0 bridgehead atoms.